The van der Waals surface area contributed by atoms with Crippen molar-refractivity contribution in [3.8, 4) is 0 Å². The summed E-state index contributed by atoms with van der Waals surface area (Å²) in [7, 11) is 0. The van der Waals surface area contributed by atoms with E-state index in [0.29, 0.717) is 12.8 Å². The van der Waals surface area contributed by atoms with E-state index < -0.39 is 11.5 Å². The van der Waals surface area contributed by atoms with Crippen LogP contribution in [0.3, 0.4) is 0 Å². The monoisotopic (exact) mass is 134 g/mol. The molecular formula is C4H10N2O3. The molecule has 54 valence electrons. The van der Waals surface area contributed by atoms with E-state index in [1.807, 2.05) is 0 Å². The highest BCUT2D eigenvalue weighted by molar-refractivity contribution is 5.81. The van der Waals surface area contributed by atoms with E-state index in [1.54, 1.807) is 0 Å². The first-order valence-electron chi connectivity index (χ1n) is 2.43. The van der Waals surface area contributed by atoms with Gasteiger partial charge in [-0.25, -0.2) is 5.90 Å². The van der Waals surface area contributed by atoms with Crippen molar-refractivity contribution in [2.45, 2.75) is 18.4 Å². The second-order valence-corrected chi connectivity index (χ2v) is 1.96. The Kier molecular flexibility index (Phi) is 2.57. The number of carboxylic acids is 1. The minimum atomic E-state index is -0.868. The van der Waals surface area contributed by atoms with E-state index in [4.69, 9.17) is 16.0 Å². The number of rotatable bonds is 1. The van der Waals surface area contributed by atoms with Gasteiger partial charge in [-0.1, -0.05) is 0 Å². The lowest BCUT2D eigenvalue weighted by Crippen LogP contribution is -2.31. The molecule has 0 saturated heterocycles. The summed E-state index contributed by atoms with van der Waals surface area (Å²) in [5.74, 6) is 2.63. The summed E-state index contributed by atoms with van der Waals surface area (Å²) in [6, 6.07) is 0. The van der Waals surface area contributed by atoms with Crippen LogP contribution in [0.1, 0.15) is 12.8 Å². The molecule has 6 N–H and O–H groups in total. The zero-order valence-electron chi connectivity index (χ0n) is 4.87. The van der Waals surface area contributed by atoms with Gasteiger partial charge in [-0.3, -0.25) is 4.79 Å². The quantitative estimate of drug-likeness (QED) is 0.340. The van der Waals surface area contributed by atoms with Crippen LogP contribution in [0.25, 0.3) is 0 Å². The number of hydrogen-bond acceptors (Lipinski definition) is 4. The molecule has 0 unspecified atom stereocenters. The number of nitrogens with two attached hydrogens (primary N) is 2. The third-order valence-corrected chi connectivity index (χ3v) is 1.21. The van der Waals surface area contributed by atoms with Crippen molar-refractivity contribution in [2.75, 3.05) is 0 Å². The molecule has 1 rings (SSSR count). The van der Waals surface area contributed by atoms with E-state index in [9.17, 15) is 4.79 Å². The minimum Gasteiger partial charge on any atom is -0.480 e. The molecule has 5 heteroatoms. The average molecular weight is 134 g/mol. The van der Waals surface area contributed by atoms with Crippen LogP contribution in [0.15, 0.2) is 0 Å². The Balaban J connectivity index is 0.000000291. The van der Waals surface area contributed by atoms with E-state index >= 15 is 0 Å². The number of hydrogen-bond donors (Lipinski definition) is 4. The van der Waals surface area contributed by atoms with Gasteiger partial charge in [0.15, 0.2) is 0 Å². The molecule has 0 aromatic rings. The summed E-state index contributed by atoms with van der Waals surface area (Å²) in [6.07, 6.45) is 1.28. The van der Waals surface area contributed by atoms with Crippen LogP contribution in [0.4, 0.5) is 0 Å². The summed E-state index contributed by atoms with van der Waals surface area (Å²) in [5.41, 5.74) is 4.36. The zero-order valence-corrected chi connectivity index (χ0v) is 4.87. The second kappa shape index (κ2) is 2.77. The maximum absolute atomic E-state index is 9.96. The Morgan fingerprint density at radius 3 is 1.78 bits per heavy atom. The van der Waals surface area contributed by atoms with Gasteiger partial charge in [0.05, 0.1) is 0 Å². The summed E-state index contributed by atoms with van der Waals surface area (Å²) < 4.78 is 0. The number of aliphatic carboxylic acids is 1. The third-order valence-electron chi connectivity index (χ3n) is 1.21. The van der Waals surface area contributed by atoms with Crippen LogP contribution in [-0.2, 0) is 4.79 Å². The Morgan fingerprint density at radius 1 is 1.44 bits per heavy atom. The molecule has 1 aliphatic carbocycles. The molecule has 0 aromatic heterocycles. The predicted molar refractivity (Wildman–Crippen MR) is 29.8 cm³/mol. The molecule has 5 nitrogen and oxygen atoms in total. The molecule has 0 spiro atoms. The fourth-order valence-electron chi connectivity index (χ4n) is 0.349. The summed E-state index contributed by atoms with van der Waals surface area (Å²) in [5, 5.41) is 14.7. The smallest absolute Gasteiger partial charge is 0.323 e. The van der Waals surface area contributed by atoms with Crippen LogP contribution in [0.2, 0.25) is 0 Å². The van der Waals surface area contributed by atoms with E-state index in [1.165, 1.54) is 0 Å². The highest BCUT2D eigenvalue weighted by Crippen LogP contribution is 2.31. The topological polar surface area (TPSA) is 110 Å². The lowest BCUT2D eigenvalue weighted by atomic mass is 10.3. The molecule has 0 bridgehead atoms. The molecule has 1 aliphatic rings. The normalized spacial score (nSPS) is 19.4. The maximum Gasteiger partial charge on any atom is 0.323 e. The first-order valence-corrected chi connectivity index (χ1v) is 2.43. The maximum atomic E-state index is 9.96. The molecule has 0 aliphatic heterocycles. The molecule has 0 atom stereocenters. The van der Waals surface area contributed by atoms with Crippen molar-refractivity contribution in [3.05, 3.63) is 0 Å². The molecule has 0 aromatic carbocycles. The first-order chi connectivity index (χ1) is 4.15. The fraction of sp³-hybridized carbons (Fsp3) is 0.750. The SMILES string of the molecule is NC1(C(=O)O)CC1.NO. The van der Waals surface area contributed by atoms with Crippen molar-refractivity contribution >= 4 is 5.97 Å². The molecule has 1 fully saturated rings. The summed E-state index contributed by atoms with van der Waals surface area (Å²) >= 11 is 0. The van der Waals surface area contributed by atoms with Crippen molar-refractivity contribution in [1.29, 1.82) is 0 Å². The standard InChI is InChI=1S/C4H7NO2.H3NO/c5-4(1-2-4)3(6)7;1-2/h1-2,5H2,(H,6,7);2H,1H2. The van der Waals surface area contributed by atoms with Gasteiger partial charge in [-0.15, -0.1) is 0 Å². The van der Waals surface area contributed by atoms with E-state index in [-0.39, 0.29) is 0 Å². The molecule has 9 heavy (non-hydrogen) atoms. The Bertz CT molecular complexity index is 110. The number of carboxylic acid groups (broad SMARTS) is 1. The third kappa shape index (κ3) is 1.96. The van der Waals surface area contributed by atoms with Gasteiger partial charge in [0.25, 0.3) is 0 Å². The van der Waals surface area contributed by atoms with Gasteiger partial charge in [-0.2, -0.15) is 0 Å². The van der Waals surface area contributed by atoms with Crippen LogP contribution in [0, 0.1) is 0 Å². The summed E-state index contributed by atoms with van der Waals surface area (Å²) in [6.45, 7) is 0. The van der Waals surface area contributed by atoms with Crippen molar-refractivity contribution in [3.63, 3.8) is 0 Å². The van der Waals surface area contributed by atoms with E-state index in [0.717, 1.165) is 0 Å². The Hall–Kier alpha value is -0.650. The molecule has 0 radical (unpaired) electrons. The number of carbonyl (C=O) groups is 1. The van der Waals surface area contributed by atoms with Gasteiger partial charge in [-0.05, 0) is 12.8 Å². The zero-order chi connectivity index (χ0) is 7.49. The first kappa shape index (κ1) is 8.35. The van der Waals surface area contributed by atoms with Gasteiger partial charge < -0.3 is 16.0 Å². The molecule has 1 saturated carbocycles. The van der Waals surface area contributed by atoms with Gasteiger partial charge >= 0.3 is 5.97 Å². The van der Waals surface area contributed by atoms with E-state index in [2.05, 4.69) is 5.90 Å². The minimum absolute atomic E-state index is 0.641. The van der Waals surface area contributed by atoms with Crippen LogP contribution < -0.4 is 11.6 Å². The summed E-state index contributed by atoms with van der Waals surface area (Å²) in [4.78, 5) is 9.96. The van der Waals surface area contributed by atoms with Crippen LogP contribution in [0.5, 0.6) is 0 Å². The van der Waals surface area contributed by atoms with Gasteiger partial charge in [0.2, 0.25) is 0 Å². The van der Waals surface area contributed by atoms with Crippen LogP contribution in [-0.4, -0.2) is 21.8 Å². The van der Waals surface area contributed by atoms with Gasteiger partial charge in [0, 0.05) is 0 Å². The molecular weight excluding hydrogens is 124 g/mol. The predicted octanol–water partition coefficient (Wildman–Crippen LogP) is -1.10. The van der Waals surface area contributed by atoms with Crippen LogP contribution >= 0.6 is 0 Å². The largest absolute Gasteiger partial charge is 0.480 e. The second-order valence-electron chi connectivity index (χ2n) is 1.96. The van der Waals surface area contributed by atoms with Gasteiger partial charge in [0.1, 0.15) is 5.54 Å². The highest BCUT2D eigenvalue weighted by Gasteiger charge is 2.46. The lowest BCUT2D eigenvalue weighted by molar-refractivity contribution is -0.139. The fourth-order valence-corrected chi connectivity index (χ4v) is 0.349. The lowest BCUT2D eigenvalue weighted by Gasteiger charge is -1.95. The van der Waals surface area contributed by atoms with Crippen molar-refractivity contribution in [1.82, 2.24) is 0 Å². The van der Waals surface area contributed by atoms with Crippen molar-refractivity contribution in [2.24, 2.45) is 11.6 Å². The highest BCUT2D eigenvalue weighted by atomic mass is 16.4. The molecule has 0 amide bonds. The molecule has 0 heterocycles. The Labute approximate surface area is 52.2 Å². The average Bonchev–Trinajstić information content (AvgIpc) is 2.55. The Morgan fingerprint density at radius 2 is 1.78 bits per heavy atom. The van der Waals surface area contributed by atoms with Crippen molar-refractivity contribution < 1.29 is 15.1 Å².